The molecule has 0 bridgehead atoms. The lowest BCUT2D eigenvalue weighted by molar-refractivity contribution is 0.379. The van der Waals surface area contributed by atoms with E-state index in [2.05, 4.69) is 5.10 Å². The summed E-state index contributed by atoms with van der Waals surface area (Å²) in [6.07, 6.45) is 2.44. The van der Waals surface area contributed by atoms with Gasteiger partial charge in [0.1, 0.15) is 5.75 Å². The second kappa shape index (κ2) is 4.88. The Bertz CT molecular complexity index is 508. The van der Waals surface area contributed by atoms with Crippen molar-refractivity contribution in [3.8, 4) is 17.3 Å². The lowest BCUT2D eigenvalue weighted by Gasteiger charge is -2.08. The van der Waals surface area contributed by atoms with Gasteiger partial charge < -0.3 is 15.6 Å². The van der Waals surface area contributed by atoms with Gasteiger partial charge in [-0.1, -0.05) is 6.07 Å². The van der Waals surface area contributed by atoms with Crippen LogP contribution < -0.4 is 10.5 Å². The van der Waals surface area contributed by atoms with E-state index in [-0.39, 0.29) is 5.75 Å². The normalized spacial score (nSPS) is 10.5. The fourth-order valence-electron chi connectivity index (χ4n) is 1.72. The minimum Gasteiger partial charge on any atom is -0.508 e. The lowest BCUT2D eigenvalue weighted by atomic mass is 10.2. The van der Waals surface area contributed by atoms with Crippen LogP contribution in [0.15, 0.2) is 30.5 Å². The van der Waals surface area contributed by atoms with Crippen LogP contribution in [0.4, 0.5) is 0 Å². The molecule has 90 valence electrons. The first-order valence-corrected chi connectivity index (χ1v) is 5.36. The number of rotatable bonds is 4. The van der Waals surface area contributed by atoms with E-state index in [0.29, 0.717) is 18.8 Å². The molecule has 0 atom stereocenters. The molecule has 5 heteroatoms. The molecule has 0 aliphatic rings. The summed E-state index contributed by atoms with van der Waals surface area (Å²) in [5, 5.41) is 13.7. The molecule has 2 rings (SSSR count). The molecule has 2 aromatic rings. The maximum atomic E-state index is 9.45. The molecule has 0 saturated heterocycles. The molecule has 0 aliphatic heterocycles. The van der Waals surface area contributed by atoms with Crippen molar-refractivity contribution in [1.29, 1.82) is 0 Å². The summed E-state index contributed by atoms with van der Waals surface area (Å²) < 4.78 is 6.97. The van der Waals surface area contributed by atoms with Gasteiger partial charge in [-0.3, -0.25) is 0 Å². The van der Waals surface area contributed by atoms with Gasteiger partial charge in [0.2, 0.25) is 5.88 Å². The molecule has 17 heavy (non-hydrogen) atoms. The number of aromatic nitrogens is 2. The smallest absolute Gasteiger partial charge is 0.219 e. The predicted molar refractivity (Wildman–Crippen MR) is 64.5 cm³/mol. The molecular formula is C12H15N3O2. The van der Waals surface area contributed by atoms with Crippen molar-refractivity contribution in [2.45, 2.75) is 6.42 Å². The van der Waals surface area contributed by atoms with Crippen molar-refractivity contribution < 1.29 is 9.84 Å². The number of hydrogen-bond donors (Lipinski definition) is 2. The lowest BCUT2D eigenvalue weighted by Crippen LogP contribution is -2.05. The maximum absolute atomic E-state index is 9.45. The van der Waals surface area contributed by atoms with Crippen LogP contribution in [-0.2, 0) is 6.42 Å². The Labute approximate surface area is 99.4 Å². The molecule has 0 spiro atoms. The monoisotopic (exact) mass is 233 g/mol. The van der Waals surface area contributed by atoms with Gasteiger partial charge in [-0.05, 0) is 25.1 Å². The van der Waals surface area contributed by atoms with E-state index in [1.165, 1.54) is 0 Å². The number of hydrogen-bond acceptors (Lipinski definition) is 4. The zero-order valence-electron chi connectivity index (χ0n) is 9.63. The molecule has 5 nitrogen and oxygen atoms in total. The molecule has 0 aliphatic carbocycles. The zero-order chi connectivity index (χ0) is 12.3. The van der Waals surface area contributed by atoms with E-state index in [9.17, 15) is 5.11 Å². The first kappa shape index (κ1) is 11.5. The molecule has 1 heterocycles. The highest BCUT2D eigenvalue weighted by molar-refractivity contribution is 5.42. The Kier molecular flexibility index (Phi) is 3.30. The van der Waals surface area contributed by atoms with Crippen LogP contribution in [0, 0.1) is 0 Å². The number of ether oxygens (including phenoxy) is 1. The number of methoxy groups -OCH3 is 1. The Morgan fingerprint density at radius 2 is 2.29 bits per heavy atom. The van der Waals surface area contributed by atoms with E-state index in [4.69, 9.17) is 10.5 Å². The highest BCUT2D eigenvalue weighted by atomic mass is 16.5. The van der Waals surface area contributed by atoms with Crippen LogP contribution in [0.5, 0.6) is 11.6 Å². The van der Waals surface area contributed by atoms with E-state index < -0.39 is 0 Å². The van der Waals surface area contributed by atoms with Crippen LogP contribution in [0.1, 0.15) is 5.56 Å². The van der Waals surface area contributed by atoms with Crippen molar-refractivity contribution >= 4 is 0 Å². The van der Waals surface area contributed by atoms with E-state index in [1.54, 1.807) is 36.2 Å². The first-order valence-electron chi connectivity index (χ1n) is 5.36. The molecular weight excluding hydrogens is 218 g/mol. The van der Waals surface area contributed by atoms with E-state index >= 15 is 0 Å². The zero-order valence-corrected chi connectivity index (χ0v) is 9.63. The Morgan fingerprint density at radius 3 is 2.94 bits per heavy atom. The fraction of sp³-hybridized carbons (Fsp3) is 0.250. The van der Waals surface area contributed by atoms with Crippen LogP contribution >= 0.6 is 0 Å². The van der Waals surface area contributed by atoms with Crippen molar-refractivity contribution in [3.05, 3.63) is 36.0 Å². The summed E-state index contributed by atoms with van der Waals surface area (Å²) in [7, 11) is 1.59. The minimum absolute atomic E-state index is 0.195. The standard InChI is InChI=1S/C12H15N3O2/c1-17-12-9(5-6-13)8-14-15(12)10-3-2-4-11(16)7-10/h2-4,7-8,16H,5-6,13H2,1H3. The van der Waals surface area contributed by atoms with Crippen molar-refractivity contribution in [2.75, 3.05) is 13.7 Å². The average Bonchev–Trinajstić information content (AvgIpc) is 2.72. The van der Waals surface area contributed by atoms with Crippen LogP contribution in [0.3, 0.4) is 0 Å². The number of nitrogens with two attached hydrogens (primary N) is 1. The van der Waals surface area contributed by atoms with Crippen LogP contribution in [0.2, 0.25) is 0 Å². The van der Waals surface area contributed by atoms with Crippen molar-refractivity contribution in [1.82, 2.24) is 9.78 Å². The fourth-order valence-corrected chi connectivity index (χ4v) is 1.72. The Balaban J connectivity index is 2.45. The Hall–Kier alpha value is -2.01. The topological polar surface area (TPSA) is 73.3 Å². The highest BCUT2D eigenvalue weighted by Crippen LogP contribution is 2.24. The third-order valence-corrected chi connectivity index (χ3v) is 2.48. The van der Waals surface area contributed by atoms with Gasteiger partial charge in [0, 0.05) is 11.6 Å². The molecule has 0 unspecified atom stereocenters. The number of phenols is 1. The molecule has 1 aromatic carbocycles. The largest absolute Gasteiger partial charge is 0.508 e. The van der Waals surface area contributed by atoms with Crippen LogP contribution in [-0.4, -0.2) is 28.5 Å². The van der Waals surface area contributed by atoms with Gasteiger partial charge in [-0.25, -0.2) is 4.68 Å². The number of phenolic OH excluding ortho intramolecular Hbond substituents is 1. The maximum Gasteiger partial charge on any atom is 0.219 e. The summed E-state index contributed by atoms with van der Waals surface area (Å²) in [6.45, 7) is 0.544. The quantitative estimate of drug-likeness (QED) is 0.829. The third-order valence-electron chi connectivity index (χ3n) is 2.48. The average molecular weight is 233 g/mol. The summed E-state index contributed by atoms with van der Waals surface area (Å²) in [5.74, 6) is 0.849. The van der Waals surface area contributed by atoms with Gasteiger partial charge >= 0.3 is 0 Å². The SMILES string of the molecule is COc1c(CCN)cnn1-c1cccc(O)c1. The van der Waals surface area contributed by atoms with Crippen molar-refractivity contribution in [2.24, 2.45) is 5.73 Å². The first-order chi connectivity index (χ1) is 8.26. The van der Waals surface area contributed by atoms with Gasteiger partial charge in [0.15, 0.2) is 0 Å². The molecule has 0 saturated carbocycles. The number of aromatic hydroxyl groups is 1. The second-order valence-electron chi connectivity index (χ2n) is 3.65. The minimum atomic E-state index is 0.195. The van der Waals surface area contributed by atoms with Gasteiger partial charge in [0.05, 0.1) is 19.0 Å². The third kappa shape index (κ3) is 2.24. The highest BCUT2D eigenvalue weighted by Gasteiger charge is 2.12. The molecule has 0 fully saturated rings. The second-order valence-corrected chi connectivity index (χ2v) is 3.65. The summed E-state index contributed by atoms with van der Waals surface area (Å²) in [6, 6.07) is 6.85. The Morgan fingerprint density at radius 1 is 1.47 bits per heavy atom. The molecule has 0 amide bonds. The predicted octanol–water partition coefficient (Wildman–Crippen LogP) is 1.09. The molecule has 1 aromatic heterocycles. The molecule has 3 N–H and O–H groups in total. The molecule has 0 radical (unpaired) electrons. The number of benzene rings is 1. The number of nitrogens with zero attached hydrogens (tertiary/aromatic N) is 2. The summed E-state index contributed by atoms with van der Waals surface area (Å²) >= 11 is 0. The van der Waals surface area contributed by atoms with Gasteiger partial charge in [-0.2, -0.15) is 5.10 Å². The van der Waals surface area contributed by atoms with E-state index in [0.717, 1.165) is 11.3 Å². The van der Waals surface area contributed by atoms with Crippen LogP contribution in [0.25, 0.3) is 5.69 Å². The van der Waals surface area contributed by atoms with E-state index in [1.807, 2.05) is 6.07 Å². The summed E-state index contributed by atoms with van der Waals surface area (Å²) in [4.78, 5) is 0. The van der Waals surface area contributed by atoms with Crippen molar-refractivity contribution in [3.63, 3.8) is 0 Å². The summed E-state index contributed by atoms with van der Waals surface area (Å²) in [5.41, 5.74) is 7.24. The van der Waals surface area contributed by atoms with Gasteiger partial charge in [0.25, 0.3) is 0 Å². The van der Waals surface area contributed by atoms with Gasteiger partial charge in [-0.15, -0.1) is 0 Å².